The molecule has 0 bridgehead atoms. The van der Waals surface area contributed by atoms with Gasteiger partial charge in [-0.3, -0.25) is 0 Å². The molecule has 0 N–H and O–H groups in total. The SMILES string of the molecule is C=C=C=C=C=C=C=C=C=C=C=C=C=C=C=C=C=C=C=C=C=C=C=C=C=C=C=C=C=C=C=C=C=C=C=C=C=C=C=C=C=C=C=C=C=C=C=C=C=C=C=C=C=C=C=C=C=C=C=C=C=C=C=C=C=C=C=C=C=C=C=C=C. The molecule has 0 unspecified atom stereocenters. The summed E-state index contributed by atoms with van der Waals surface area (Å²) in [5.41, 5.74) is 177. The van der Waals surface area contributed by atoms with Gasteiger partial charge in [0.2, 0.25) is 0 Å². The molecule has 0 aromatic heterocycles. The van der Waals surface area contributed by atoms with Crippen LogP contribution in [0, 0.1) is 0 Å². The molecule has 0 saturated heterocycles. The highest BCUT2D eigenvalue weighted by atomic mass is 13.5. The molecule has 0 aromatic carbocycles. The van der Waals surface area contributed by atoms with E-state index in [9.17, 15) is 0 Å². The zero-order valence-electron chi connectivity index (χ0n) is 36.9. The second kappa shape index (κ2) is 56.1. The third-order valence-corrected chi connectivity index (χ3v) is 4.43. The first kappa shape index (κ1) is 57.1. The smallest absolute Gasteiger partial charge is 0 e. The molecule has 0 atom stereocenters. The van der Waals surface area contributed by atoms with Gasteiger partial charge in [0.05, 0.1) is 0 Å². The minimum absolute atomic E-state index is 2.37. The standard InChI is InChI=1S/C73H4/c1-3-5-7-9-11-13-15-17-19-21-23-25-27-29-31-33-35-37-39-41-43-45-47-49-51-53-55-57-59-61-63-65-67-69-71-73-72-70-68-66-64-62-60-58-56-54-52-50-48-46-44-42-40-38-36-34-32-30-28-26-24-22-20-18-16-14-12-10-8-6-4-2/h1-2H2. The van der Waals surface area contributed by atoms with Crippen LogP contribution in [0.4, 0.5) is 0 Å². The summed E-state index contributed by atoms with van der Waals surface area (Å²) in [6, 6.07) is 0. The maximum atomic E-state index is 3.32. The molecule has 0 rings (SSSR count). The monoisotopic (exact) mass is 880 g/mol. The minimum Gasteiger partial charge on any atom is -0.0687 e. The second-order valence-electron chi connectivity index (χ2n) is 8.98. The van der Waals surface area contributed by atoms with Crippen molar-refractivity contribution in [2.45, 2.75) is 0 Å². The lowest BCUT2D eigenvalue weighted by atomic mass is 10.6. The van der Waals surface area contributed by atoms with Crippen LogP contribution in [0.3, 0.4) is 0 Å². The summed E-state index contributed by atoms with van der Waals surface area (Å²) in [4.78, 5) is 0. The highest BCUT2D eigenvalue weighted by Crippen LogP contribution is 1.63. The Balaban J connectivity index is 6.14. The Hall–Kier alpha value is -15.9. The van der Waals surface area contributed by atoms with E-state index < -0.39 is 0 Å². The van der Waals surface area contributed by atoms with Crippen molar-refractivity contribution < 1.29 is 0 Å². The summed E-state index contributed by atoms with van der Waals surface area (Å²) < 4.78 is 0. The summed E-state index contributed by atoms with van der Waals surface area (Å²) >= 11 is 0. The van der Waals surface area contributed by atoms with Gasteiger partial charge in [-0.2, -0.15) is 0 Å². The summed E-state index contributed by atoms with van der Waals surface area (Å²) in [5, 5.41) is 0. The maximum Gasteiger partial charge on any atom is 0 e. The van der Waals surface area contributed by atoms with E-state index in [0.29, 0.717) is 0 Å². The van der Waals surface area contributed by atoms with Crippen LogP contribution < -0.4 is 0 Å². The van der Waals surface area contributed by atoms with E-state index in [0.717, 1.165) is 0 Å². The summed E-state index contributed by atoms with van der Waals surface area (Å²) in [6.45, 7) is 6.63. The van der Waals surface area contributed by atoms with Crippen molar-refractivity contribution in [2.75, 3.05) is 0 Å². The molecule has 0 aliphatic rings. The summed E-state index contributed by atoms with van der Waals surface area (Å²) in [7, 11) is 0. The van der Waals surface area contributed by atoms with E-state index in [2.05, 4.69) is 420 Å². The molecule has 296 valence electrons. The van der Waals surface area contributed by atoms with E-state index in [1.807, 2.05) is 0 Å². The van der Waals surface area contributed by atoms with Gasteiger partial charge in [-0.25, -0.2) is 0 Å². The van der Waals surface area contributed by atoms with Gasteiger partial charge in [-0.15, -0.1) is 0 Å². The molecule has 0 heterocycles. The second-order valence-corrected chi connectivity index (χ2v) is 8.98. The van der Waals surface area contributed by atoms with Gasteiger partial charge in [-0.1, -0.05) is 11.5 Å². The largest absolute Gasteiger partial charge is 0.0687 e. The Labute approximate surface area is 417 Å². The van der Waals surface area contributed by atoms with Crippen LogP contribution in [-0.4, -0.2) is 0 Å². The Morgan fingerprint density at radius 2 is 0.110 bits per heavy atom. The van der Waals surface area contributed by atoms with Crippen LogP contribution in [0.5, 0.6) is 0 Å². The van der Waals surface area contributed by atoms with Crippen LogP contribution in [0.25, 0.3) is 0 Å². The van der Waals surface area contributed by atoms with Crippen molar-refractivity contribution in [3.8, 4) is 0 Å². The van der Waals surface area contributed by atoms with E-state index in [4.69, 9.17) is 0 Å². The number of hydrogen-bond donors (Lipinski definition) is 0. The Kier molecular flexibility index (Phi) is 43.9. The Morgan fingerprint density at radius 3 is 0.151 bits per heavy atom. The van der Waals surface area contributed by atoms with E-state index >= 15 is 0 Å². The predicted molar refractivity (Wildman–Crippen MR) is 261 cm³/mol. The topological polar surface area (TPSA) is 0 Å². The fraction of sp³-hybridized carbons (Fsp3) is 0. The molecule has 0 aliphatic carbocycles. The van der Waals surface area contributed by atoms with Crippen molar-refractivity contribution >= 4 is 0 Å². The van der Waals surface area contributed by atoms with Gasteiger partial charge in [-0.05, 0) is 105 Å². The quantitative estimate of drug-likeness (QED) is 0.213. The summed E-state index contributed by atoms with van der Waals surface area (Å²) in [5.74, 6) is 0. The minimum atomic E-state index is 2.37. The van der Waals surface area contributed by atoms with Crippen LogP contribution in [0.15, 0.2) is 420 Å². The van der Waals surface area contributed by atoms with Gasteiger partial charge in [0, 0.05) is 304 Å². The van der Waals surface area contributed by atoms with E-state index in [-0.39, 0.29) is 0 Å². The zero-order chi connectivity index (χ0) is 52.2. The van der Waals surface area contributed by atoms with Gasteiger partial charge in [0.15, 0.2) is 0 Å². The highest BCUT2D eigenvalue weighted by Gasteiger charge is 1.48. The molecule has 0 saturated carbocycles. The van der Waals surface area contributed by atoms with Gasteiger partial charge in [0.1, 0.15) is 0 Å². The third-order valence-electron chi connectivity index (χ3n) is 4.43. The highest BCUT2D eigenvalue weighted by molar-refractivity contribution is 4.99. The lowest BCUT2D eigenvalue weighted by Crippen LogP contribution is -1.26. The molecule has 0 aromatic rings. The average molecular weight is 881 g/mol. The molecule has 0 radical (unpaired) electrons. The third kappa shape index (κ3) is 56.1. The molecule has 0 heteroatoms. The molecule has 0 amide bonds. The fourth-order valence-corrected chi connectivity index (χ4v) is 2.18. The first-order valence-corrected chi connectivity index (χ1v) is 18.2. The summed E-state index contributed by atoms with van der Waals surface area (Å²) in [6.07, 6.45) is 0. The predicted octanol–water partition coefficient (Wildman–Crippen LogP) is 11.8. The molecule has 0 aliphatic heterocycles. The van der Waals surface area contributed by atoms with Crippen LogP contribution >= 0.6 is 0 Å². The van der Waals surface area contributed by atoms with Crippen molar-refractivity contribution in [2.24, 2.45) is 0 Å². The van der Waals surface area contributed by atoms with Crippen molar-refractivity contribution in [1.82, 2.24) is 0 Å². The molecule has 0 fully saturated rings. The fourth-order valence-electron chi connectivity index (χ4n) is 2.18. The lowest BCUT2D eigenvalue weighted by molar-refractivity contribution is 2.10. The Bertz CT molecular complexity index is 5110. The molecule has 0 spiro atoms. The normalized spacial score (nSPS) is 3.95. The average Bonchev–Trinajstić information content (AvgIpc) is 3.40. The van der Waals surface area contributed by atoms with Crippen molar-refractivity contribution in [3.05, 3.63) is 420 Å². The van der Waals surface area contributed by atoms with Crippen LogP contribution in [0.1, 0.15) is 0 Å². The first-order valence-electron chi connectivity index (χ1n) is 18.2. The van der Waals surface area contributed by atoms with E-state index in [1.54, 1.807) is 0 Å². The van der Waals surface area contributed by atoms with Crippen molar-refractivity contribution in [1.29, 1.82) is 0 Å². The van der Waals surface area contributed by atoms with Crippen molar-refractivity contribution in [3.63, 3.8) is 0 Å². The van der Waals surface area contributed by atoms with E-state index in [1.165, 1.54) is 0 Å². The molecular formula is C73H4. The zero-order valence-corrected chi connectivity index (χ0v) is 36.9. The van der Waals surface area contributed by atoms with Gasteiger partial charge >= 0.3 is 0 Å². The van der Waals surface area contributed by atoms with Crippen LogP contribution in [0.2, 0.25) is 0 Å². The maximum absolute atomic E-state index is 3.32. The number of rotatable bonds is 0. The van der Waals surface area contributed by atoms with Crippen LogP contribution in [-0.2, 0) is 0 Å². The van der Waals surface area contributed by atoms with Gasteiger partial charge < -0.3 is 0 Å². The Morgan fingerprint density at radius 1 is 0.0685 bits per heavy atom. The first-order chi connectivity index (χ1) is 36.4. The number of hydrogen-bond acceptors (Lipinski definition) is 0. The molecular weight excluding hydrogens is 877 g/mol. The van der Waals surface area contributed by atoms with Gasteiger partial charge in [0.25, 0.3) is 0 Å². The molecule has 0 nitrogen and oxygen atoms in total. The molecule has 73 heavy (non-hydrogen) atoms. The lowest BCUT2D eigenvalue weighted by Gasteiger charge is -1.41.